The normalized spacial score (nSPS) is 25.7. The van der Waals surface area contributed by atoms with Gasteiger partial charge in [-0.05, 0) is 31.7 Å². The van der Waals surface area contributed by atoms with Crippen molar-refractivity contribution in [2.45, 2.75) is 52.7 Å². The van der Waals surface area contributed by atoms with E-state index in [-0.39, 0.29) is 12.7 Å². The molecule has 0 aliphatic carbocycles. The van der Waals surface area contributed by atoms with Crippen molar-refractivity contribution in [1.82, 2.24) is 10.2 Å². The van der Waals surface area contributed by atoms with Gasteiger partial charge in [0.25, 0.3) is 0 Å². The molecule has 1 aliphatic rings. The largest absolute Gasteiger partial charge is 0.394 e. The van der Waals surface area contributed by atoms with Crippen molar-refractivity contribution in [3.8, 4) is 0 Å². The number of aliphatic hydroxyl groups is 1. The first-order chi connectivity index (χ1) is 9.10. The molecule has 2 N–H and O–H groups in total. The van der Waals surface area contributed by atoms with E-state index >= 15 is 0 Å². The summed E-state index contributed by atoms with van der Waals surface area (Å²) in [5.41, 5.74) is 0.335. The number of morpholine rings is 1. The highest BCUT2D eigenvalue weighted by Gasteiger charge is 2.33. The minimum absolute atomic E-state index is 0.0123. The van der Waals surface area contributed by atoms with E-state index in [1.165, 1.54) is 12.8 Å². The lowest BCUT2D eigenvalue weighted by atomic mass is 9.81. The molecule has 19 heavy (non-hydrogen) atoms. The Morgan fingerprint density at radius 2 is 2.00 bits per heavy atom. The molecule has 1 rings (SSSR count). The van der Waals surface area contributed by atoms with Crippen LogP contribution in [0.25, 0.3) is 0 Å². The topological polar surface area (TPSA) is 44.7 Å². The Morgan fingerprint density at radius 1 is 1.32 bits per heavy atom. The van der Waals surface area contributed by atoms with Crippen molar-refractivity contribution in [3.05, 3.63) is 0 Å². The average molecular weight is 272 g/mol. The second-order valence-corrected chi connectivity index (χ2v) is 5.90. The predicted octanol–water partition coefficient (Wildman–Crippen LogP) is 1.48. The van der Waals surface area contributed by atoms with E-state index in [0.29, 0.717) is 11.5 Å². The van der Waals surface area contributed by atoms with Crippen LogP contribution < -0.4 is 5.32 Å². The summed E-state index contributed by atoms with van der Waals surface area (Å²) < 4.78 is 5.63. The molecular weight excluding hydrogens is 240 g/mol. The van der Waals surface area contributed by atoms with Crippen molar-refractivity contribution in [2.75, 3.05) is 39.4 Å². The first kappa shape index (κ1) is 16.9. The van der Waals surface area contributed by atoms with Gasteiger partial charge >= 0.3 is 0 Å². The van der Waals surface area contributed by atoms with Gasteiger partial charge in [0.15, 0.2) is 0 Å². The minimum atomic E-state index is -0.0123. The first-order valence-electron chi connectivity index (χ1n) is 7.78. The third kappa shape index (κ3) is 4.71. The highest BCUT2D eigenvalue weighted by atomic mass is 16.5. The fraction of sp³-hybridized carbons (Fsp3) is 1.00. The molecule has 4 nitrogen and oxygen atoms in total. The summed E-state index contributed by atoms with van der Waals surface area (Å²) in [6.45, 7) is 13.9. The zero-order valence-corrected chi connectivity index (χ0v) is 13.1. The molecule has 0 aromatic carbocycles. The molecule has 1 saturated heterocycles. The molecule has 0 spiro atoms. The SMILES string of the molecule is CCNCC(CC)(CC)CN1CC(CO)OCC1C. The molecule has 0 amide bonds. The number of nitrogens with one attached hydrogen (secondary N) is 1. The highest BCUT2D eigenvalue weighted by Crippen LogP contribution is 2.29. The Morgan fingerprint density at radius 3 is 2.53 bits per heavy atom. The van der Waals surface area contributed by atoms with Crippen LogP contribution in [0.3, 0.4) is 0 Å². The molecule has 1 aliphatic heterocycles. The van der Waals surface area contributed by atoms with Gasteiger partial charge in [-0.25, -0.2) is 0 Å². The molecule has 0 bridgehead atoms. The Labute approximate surface area is 118 Å². The summed E-state index contributed by atoms with van der Waals surface area (Å²) in [6.07, 6.45) is 2.36. The summed E-state index contributed by atoms with van der Waals surface area (Å²) in [6, 6.07) is 0.446. The maximum absolute atomic E-state index is 9.29. The molecule has 2 unspecified atom stereocenters. The Balaban J connectivity index is 2.65. The minimum Gasteiger partial charge on any atom is -0.394 e. The van der Waals surface area contributed by atoms with Gasteiger partial charge in [-0.1, -0.05) is 20.8 Å². The number of rotatable bonds is 8. The van der Waals surface area contributed by atoms with E-state index in [1.807, 2.05) is 0 Å². The summed E-state index contributed by atoms with van der Waals surface area (Å²) in [7, 11) is 0. The molecule has 2 atom stereocenters. The van der Waals surface area contributed by atoms with Gasteiger partial charge in [0.1, 0.15) is 0 Å². The van der Waals surface area contributed by atoms with Crippen molar-refractivity contribution < 1.29 is 9.84 Å². The van der Waals surface area contributed by atoms with Gasteiger partial charge in [-0.15, -0.1) is 0 Å². The molecule has 0 aromatic heterocycles. The molecular formula is C15H32N2O2. The summed E-state index contributed by atoms with van der Waals surface area (Å²) >= 11 is 0. The van der Waals surface area contributed by atoms with Gasteiger partial charge in [-0.3, -0.25) is 4.90 Å². The molecule has 0 saturated carbocycles. The van der Waals surface area contributed by atoms with Crippen LogP contribution in [0.1, 0.15) is 40.5 Å². The predicted molar refractivity (Wildman–Crippen MR) is 79.4 cm³/mol. The molecule has 1 fully saturated rings. The van der Waals surface area contributed by atoms with Gasteiger partial charge < -0.3 is 15.2 Å². The quantitative estimate of drug-likeness (QED) is 0.702. The second-order valence-electron chi connectivity index (χ2n) is 5.90. The van der Waals surface area contributed by atoms with E-state index in [2.05, 4.69) is 37.9 Å². The first-order valence-corrected chi connectivity index (χ1v) is 7.78. The standard InChI is InChI=1S/C15H32N2O2/c1-5-15(6-2,11-16-7-3)12-17-8-14(9-18)19-10-13(17)4/h13-14,16,18H,5-12H2,1-4H3. The Bertz CT molecular complexity index is 244. The van der Waals surface area contributed by atoms with Crippen LogP contribution in [0.2, 0.25) is 0 Å². The second kappa shape index (κ2) is 8.20. The van der Waals surface area contributed by atoms with Crippen molar-refractivity contribution in [1.29, 1.82) is 0 Å². The third-order valence-corrected chi connectivity index (χ3v) is 4.63. The maximum atomic E-state index is 9.29. The van der Waals surface area contributed by atoms with E-state index in [9.17, 15) is 5.11 Å². The van der Waals surface area contributed by atoms with Gasteiger partial charge in [0.05, 0.1) is 19.3 Å². The highest BCUT2D eigenvalue weighted by molar-refractivity contribution is 4.87. The van der Waals surface area contributed by atoms with Crippen LogP contribution in [0.4, 0.5) is 0 Å². The van der Waals surface area contributed by atoms with Crippen LogP contribution in [0.15, 0.2) is 0 Å². The zero-order chi connectivity index (χ0) is 14.3. The van der Waals surface area contributed by atoms with E-state index in [4.69, 9.17) is 4.74 Å². The van der Waals surface area contributed by atoms with E-state index < -0.39 is 0 Å². The van der Waals surface area contributed by atoms with Crippen LogP contribution in [0, 0.1) is 5.41 Å². The Kier molecular flexibility index (Phi) is 7.29. The number of hydrogen-bond donors (Lipinski definition) is 2. The summed E-state index contributed by atoms with van der Waals surface area (Å²) in [5, 5.41) is 12.8. The summed E-state index contributed by atoms with van der Waals surface area (Å²) in [5.74, 6) is 0. The van der Waals surface area contributed by atoms with E-state index in [1.54, 1.807) is 0 Å². The average Bonchev–Trinajstić information content (AvgIpc) is 2.45. The lowest BCUT2D eigenvalue weighted by molar-refractivity contribution is -0.0887. The maximum Gasteiger partial charge on any atom is 0.0933 e. The fourth-order valence-electron chi connectivity index (χ4n) is 2.81. The van der Waals surface area contributed by atoms with Gasteiger partial charge in [0.2, 0.25) is 0 Å². The molecule has 114 valence electrons. The Hall–Kier alpha value is -0.160. The van der Waals surface area contributed by atoms with Crippen molar-refractivity contribution >= 4 is 0 Å². The van der Waals surface area contributed by atoms with Gasteiger partial charge in [0, 0.05) is 25.7 Å². The monoisotopic (exact) mass is 272 g/mol. The zero-order valence-electron chi connectivity index (χ0n) is 13.1. The summed E-state index contributed by atoms with van der Waals surface area (Å²) in [4.78, 5) is 2.49. The number of hydrogen-bond acceptors (Lipinski definition) is 4. The van der Waals surface area contributed by atoms with Crippen LogP contribution in [-0.4, -0.2) is 61.5 Å². The lowest BCUT2D eigenvalue weighted by Gasteiger charge is -2.44. The number of aliphatic hydroxyl groups excluding tert-OH is 1. The molecule has 4 heteroatoms. The van der Waals surface area contributed by atoms with Crippen LogP contribution in [0.5, 0.6) is 0 Å². The fourth-order valence-corrected chi connectivity index (χ4v) is 2.81. The lowest BCUT2D eigenvalue weighted by Crippen LogP contribution is -2.54. The smallest absolute Gasteiger partial charge is 0.0933 e. The van der Waals surface area contributed by atoms with Crippen LogP contribution >= 0.6 is 0 Å². The molecule has 0 radical (unpaired) electrons. The van der Waals surface area contributed by atoms with Gasteiger partial charge in [-0.2, -0.15) is 0 Å². The van der Waals surface area contributed by atoms with Crippen LogP contribution in [-0.2, 0) is 4.74 Å². The molecule has 0 aromatic rings. The number of ether oxygens (including phenoxy) is 1. The van der Waals surface area contributed by atoms with E-state index in [0.717, 1.165) is 32.8 Å². The van der Waals surface area contributed by atoms with Crippen molar-refractivity contribution in [2.24, 2.45) is 5.41 Å². The molecule has 1 heterocycles. The third-order valence-electron chi connectivity index (χ3n) is 4.63. The number of nitrogens with zero attached hydrogens (tertiary/aromatic N) is 1. The van der Waals surface area contributed by atoms with Crippen molar-refractivity contribution in [3.63, 3.8) is 0 Å².